The summed E-state index contributed by atoms with van der Waals surface area (Å²) in [7, 11) is 0. The SMILES string of the molecule is O=C(O)CC[C@@H](NC(=O)c1ccc2ncccc2c1F)C(=O)O. The molecule has 7 nitrogen and oxygen atoms in total. The van der Waals surface area contributed by atoms with Crippen molar-refractivity contribution in [2.45, 2.75) is 18.9 Å². The van der Waals surface area contributed by atoms with E-state index in [0.717, 1.165) is 0 Å². The molecule has 0 aliphatic heterocycles. The molecule has 0 saturated carbocycles. The fourth-order valence-corrected chi connectivity index (χ4v) is 2.05. The molecule has 0 bridgehead atoms. The van der Waals surface area contributed by atoms with Crippen molar-refractivity contribution in [1.29, 1.82) is 0 Å². The van der Waals surface area contributed by atoms with E-state index in [1.54, 1.807) is 0 Å². The Hall–Kier alpha value is -3.03. The molecule has 2 rings (SSSR count). The predicted octanol–water partition coefficient (Wildman–Crippen LogP) is 1.42. The summed E-state index contributed by atoms with van der Waals surface area (Å²) in [5, 5.41) is 19.9. The lowest BCUT2D eigenvalue weighted by molar-refractivity contribution is -0.140. The lowest BCUT2D eigenvalue weighted by Crippen LogP contribution is -2.41. The number of aliphatic carboxylic acids is 2. The quantitative estimate of drug-likeness (QED) is 0.741. The van der Waals surface area contributed by atoms with Gasteiger partial charge in [0.2, 0.25) is 0 Å². The molecule has 0 spiro atoms. The fourth-order valence-electron chi connectivity index (χ4n) is 2.05. The molecule has 120 valence electrons. The van der Waals surface area contributed by atoms with E-state index in [-0.39, 0.29) is 17.4 Å². The normalized spacial score (nSPS) is 11.9. The van der Waals surface area contributed by atoms with Gasteiger partial charge in [0.15, 0.2) is 0 Å². The van der Waals surface area contributed by atoms with Crippen LogP contribution in [0.4, 0.5) is 4.39 Å². The number of hydrogen-bond acceptors (Lipinski definition) is 4. The third-order valence-corrected chi connectivity index (χ3v) is 3.21. The van der Waals surface area contributed by atoms with Gasteiger partial charge in [-0.25, -0.2) is 9.18 Å². The molecule has 1 amide bonds. The zero-order valence-electron chi connectivity index (χ0n) is 11.8. The van der Waals surface area contributed by atoms with E-state index in [0.29, 0.717) is 5.52 Å². The van der Waals surface area contributed by atoms with Crippen LogP contribution >= 0.6 is 0 Å². The number of rotatable bonds is 6. The van der Waals surface area contributed by atoms with Gasteiger partial charge in [-0.3, -0.25) is 14.6 Å². The first kappa shape index (κ1) is 16.3. The van der Waals surface area contributed by atoms with Gasteiger partial charge in [-0.1, -0.05) is 0 Å². The van der Waals surface area contributed by atoms with Crippen LogP contribution in [0.2, 0.25) is 0 Å². The van der Waals surface area contributed by atoms with Crippen molar-refractivity contribution in [2.75, 3.05) is 0 Å². The smallest absolute Gasteiger partial charge is 0.326 e. The Morgan fingerprint density at radius 1 is 1.22 bits per heavy atom. The molecule has 1 atom stereocenters. The Kier molecular flexibility index (Phi) is 4.85. The number of carbonyl (C=O) groups excluding carboxylic acids is 1. The van der Waals surface area contributed by atoms with Crippen molar-refractivity contribution in [3.63, 3.8) is 0 Å². The van der Waals surface area contributed by atoms with E-state index >= 15 is 0 Å². The monoisotopic (exact) mass is 320 g/mol. The highest BCUT2D eigenvalue weighted by Gasteiger charge is 2.23. The number of carboxylic acid groups (broad SMARTS) is 2. The second-order valence-corrected chi connectivity index (χ2v) is 4.79. The average molecular weight is 320 g/mol. The molecule has 0 aliphatic rings. The average Bonchev–Trinajstić information content (AvgIpc) is 2.51. The second-order valence-electron chi connectivity index (χ2n) is 4.79. The van der Waals surface area contributed by atoms with Crippen LogP contribution in [0.1, 0.15) is 23.2 Å². The first-order chi connectivity index (χ1) is 10.9. The highest BCUT2D eigenvalue weighted by atomic mass is 19.1. The number of aromatic nitrogens is 1. The van der Waals surface area contributed by atoms with Gasteiger partial charge in [0.1, 0.15) is 11.9 Å². The van der Waals surface area contributed by atoms with Crippen LogP contribution in [-0.2, 0) is 9.59 Å². The number of pyridine rings is 1. The van der Waals surface area contributed by atoms with Crippen molar-refractivity contribution < 1.29 is 29.0 Å². The molecular weight excluding hydrogens is 307 g/mol. The van der Waals surface area contributed by atoms with Crippen LogP contribution in [0.15, 0.2) is 30.5 Å². The lowest BCUT2D eigenvalue weighted by Gasteiger charge is -2.14. The fraction of sp³-hybridized carbons (Fsp3) is 0.200. The molecule has 0 unspecified atom stereocenters. The van der Waals surface area contributed by atoms with Gasteiger partial charge >= 0.3 is 11.9 Å². The molecule has 1 aromatic carbocycles. The number of halogens is 1. The first-order valence-corrected chi connectivity index (χ1v) is 6.69. The third kappa shape index (κ3) is 3.79. The Morgan fingerprint density at radius 3 is 2.61 bits per heavy atom. The molecule has 0 radical (unpaired) electrons. The van der Waals surface area contributed by atoms with Crippen molar-refractivity contribution in [1.82, 2.24) is 10.3 Å². The molecule has 8 heteroatoms. The number of hydrogen-bond donors (Lipinski definition) is 3. The van der Waals surface area contributed by atoms with E-state index in [2.05, 4.69) is 10.3 Å². The third-order valence-electron chi connectivity index (χ3n) is 3.21. The summed E-state index contributed by atoms with van der Waals surface area (Å²) in [6, 6.07) is 4.20. The van der Waals surface area contributed by atoms with Crippen molar-refractivity contribution in [3.05, 3.63) is 41.8 Å². The zero-order chi connectivity index (χ0) is 17.0. The molecule has 2 aromatic rings. The summed E-state index contributed by atoms with van der Waals surface area (Å²) < 4.78 is 14.3. The van der Waals surface area contributed by atoms with Crippen LogP contribution in [0.5, 0.6) is 0 Å². The standard InChI is InChI=1S/C15H13FN2O5/c16-13-8-2-1-7-17-10(8)4-3-9(13)14(21)18-11(15(22)23)5-6-12(19)20/h1-4,7,11H,5-6H2,(H,18,21)(H,19,20)(H,22,23)/t11-/m1/s1. The molecular formula is C15H13FN2O5. The molecule has 23 heavy (non-hydrogen) atoms. The number of benzene rings is 1. The number of amides is 1. The first-order valence-electron chi connectivity index (χ1n) is 6.69. The van der Waals surface area contributed by atoms with Crippen LogP contribution in [0, 0.1) is 5.82 Å². The Balaban J connectivity index is 2.23. The van der Waals surface area contributed by atoms with E-state index in [1.165, 1.54) is 30.5 Å². The minimum atomic E-state index is -1.41. The van der Waals surface area contributed by atoms with Crippen LogP contribution in [0.25, 0.3) is 10.9 Å². The zero-order valence-corrected chi connectivity index (χ0v) is 11.8. The van der Waals surface area contributed by atoms with Crippen molar-refractivity contribution >= 4 is 28.7 Å². The van der Waals surface area contributed by atoms with Gasteiger partial charge in [-0.2, -0.15) is 0 Å². The summed E-state index contributed by atoms with van der Waals surface area (Å²) in [5.74, 6) is -4.31. The van der Waals surface area contributed by atoms with Crippen LogP contribution < -0.4 is 5.32 Å². The van der Waals surface area contributed by atoms with E-state index < -0.39 is 36.1 Å². The van der Waals surface area contributed by atoms with Gasteiger partial charge in [0, 0.05) is 18.0 Å². The maximum absolute atomic E-state index is 14.3. The Morgan fingerprint density at radius 2 is 1.96 bits per heavy atom. The highest BCUT2D eigenvalue weighted by molar-refractivity contribution is 6.00. The minimum Gasteiger partial charge on any atom is -0.481 e. The largest absolute Gasteiger partial charge is 0.481 e. The summed E-state index contributed by atoms with van der Waals surface area (Å²) in [4.78, 5) is 37.6. The number of carbonyl (C=O) groups is 3. The number of fused-ring (bicyclic) bond motifs is 1. The van der Waals surface area contributed by atoms with Gasteiger partial charge in [-0.05, 0) is 30.7 Å². The maximum atomic E-state index is 14.3. The van der Waals surface area contributed by atoms with E-state index in [9.17, 15) is 18.8 Å². The second kappa shape index (κ2) is 6.82. The van der Waals surface area contributed by atoms with Crippen molar-refractivity contribution in [3.8, 4) is 0 Å². The number of nitrogens with one attached hydrogen (secondary N) is 1. The topological polar surface area (TPSA) is 117 Å². The molecule has 3 N–H and O–H groups in total. The summed E-state index contributed by atoms with van der Waals surface area (Å²) >= 11 is 0. The minimum absolute atomic E-state index is 0.137. The Labute approximate surface area is 129 Å². The number of carboxylic acids is 2. The molecule has 1 heterocycles. The maximum Gasteiger partial charge on any atom is 0.326 e. The van der Waals surface area contributed by atoms with E-state index in [4.69, 9.17) is 10.2 Å². The van der Waals surface area contributed by atoms with Gasteiger partial charge < -0.3 is 15.5 Å². The summed E-state index contributed by atoms with van der Waals surface area (Å²) in [6.45, 7) is 0. The number of nitrogens with zero attached hydrogens (tertiary/aromatic N) is 1. The van der Waals surface area contributed by atoms with Gasteiger partial charge in [0.05, 0.1) is 11.1 Å². The summed E-state index contributed by atoms with van der Waals surface area (Å²) in [5.41, 5.74) is 0.0364. The summed E-state index contributed by atoms with van der Waals surface area (Å²) in [6.07, 6.45) is 0.752. The Bertz CT molecular complexity index is 778. The van der Waals surface area contributed by atoms with Gasteiger partial charge in [0.25, 0.3) is 5.91 Å². The van der Waals surface area contributed by atoms with Crippen molar-refractivity contribution in [2.24, 2.45) is 0 Å². The highest BCUT2D eigenvalue weighted by Crippen LogP contribution is 2.19. The predicted molar refractivity (Wildman–Crippen MR) is 77.5 cm³/mol. The van der Waals surface area contributed by atoms with Gasteiger partial charge in [-0.15, -0.1) is 0 Å². The van der Waals surface area contributed by atoms with Crippen LogP contribution in [0.3, 0.4) is 0 Å². The molecule has 1 aromatic heterocycles. The van der Waals surface area contributed by atoms with Crippen LogP contribution in [-0.4, -0.2) is 39.1 Å². The molecule has 0 aliphatic carbocycles. The van der Waals surface area contributed by atoms with E-state index in [1.807, 2.05) is 0 Å². The molecule has 0 saturated heterocycles. The lowest BCUT2D eigenvalue weighted by atomic mass is 10.1. The molecule has 0 fully saturated rings.